The van der Waals surface area contributed by atoms with Crippen molar-refractivity contribution in [1.29, 1.82) is 0 Å². The van der Waals surface area contributed by atoms with E-state index >= 15 is 0 Å². The summed E-state index contributed by atoms with van der Waals surface area (Å²) in [7, 11) is 2.00. The molecule has 0 aliphatic carbocycles. The van der Waals surface area contributed by atoms with E-state index in [1.165, 1.54) is 11.3 Å². The second kappa shape index (κ2) is 5.92. The molecule has 0 fully saturated rings. The van der Waals surface area contributed by atoms with Gasteiger partial charge in [-0.15, -0.1) is 0 Å². The van der Waals surface area contributed by atoms with Gasteiger partial charge in [0.2, 0.25) is 11.6 Å². The summed E-state index contributed by atoms with van der Waals surface area (Å²) >= 11 is 3.30. The number of nitrogens with zero attached hydrogens (tertiary/aromatic N) is 1. The van der Waals surface area contributed by atoms with Gasteiger partial charge in [-0.05, 0) is 29.4 Å². The second-order valence-corrected chi connectivity index (χ2v) is 4.78. The number of nitrogens with one attached hydrogen (secondary N) is 1. The molecule has 0 radical (unpaired) electrons. The lowest BCUT2D eigenvalue weighted by Crippen LogP contribution is -3.00. The Labute approximate surface area is 109 Å². The molecule has 1 aromatic rings. The van der Waals surface area contributed by atoms with Crippen LogP contribution in [-0.4, -0.2) is 12.2 Å². The number of thioether (sulfide) groups is 1. The summed E-state index contributed by atoms with van der Waals surface area (Å²) in [4.78, 5) is 10.9. The Hall–Kier alpha value is 0.180. The predicted molar refractivity (Wildman–Crippen MR) is 56.3 cm³/mol. The fourth-order valence-electron chi connectivity index (χ4n) is 0.973. The summed E-state index contributed by atoms with van der Waals surface area (Å²) in [5.41, 5.74) is 1.10. The van der Waals surface area contributed by atoms with E-state index in [-0.39, 0.29) is 29.9 Å². The first-order valence-electron chi connectivity index (χ1n) is 3.87. The van der Waals surface area contributed by atoms with Gasteiger partial charge in [-0.2, -0.15) is 4.57 Å². The van der Waals surface area contributed by atoms with Crippen LogP contribution in [0.15, 0.2) is 4.34 Å². The number of anilines is 1. The van der Waals surface area contributed by atoms with Gasteiger partial charge < -0.3 is 29.3 Å². The molecule has 1 heterocycles. The first kappa shape index (κ1) is 14.2. The Morgan fingerprint density at radius 3 is 2.50 bits per heavy atom. The number of carbonyl (C=O) groups is 1. The summed E-state index contributed by atoms with van der Waals surface area (Å²) in [6.07, 6.45) is 2.03. The Balaban J connectivity index is 0.00000169. The highest BCUT2D eigenvalue weighted by molar-refractivity contribution is 8.00. The minimum absolute atomic E-state index is 0. The van der Waals surface area contributed by atoms with Crippen molar-refractivity contribution in [3.63, 3.8) is 0 Å². The smallest absolute Gasteiger partial charge is 0.299 e. The van der Waals surface area contributed by atoms with Crippen molar-refractivity contribution < 1.29 is 33.3 Å². The molecule has 0 saturated carbocycles. The van der Waals surface area contributed by atoms with E-state index in [1.54, 1.807) is 23.1 Å². The monoisotopic (exact) mass is 344 g/mol. The van der Waals surface area contributed by atoms with Crippen molar-refractivity contribution in [2.75, 3.05) is 11.6 Å². The van der Waals surface area contributed by atoms with Gasteiger partial charge in [-0.3, -0.25) is 4.79 Å². The van der Waals surface area contributed by atoms with Crippen LogP contribution in [0.5, 0.6) is 0 Å². The van der Waals surface area contributed by atoms with Crippen molar-refractivity contribution >= 4 is 34.0 Å². The third-order valence-corrected chi connectivity index (χ3v) is 4.18. The Bertz CT molecular complexity index is 338. The van der Waals surface area contributed by atoms with E-state index in [4.69, 9.17) is 0 Å². The second-order valence-electron chi connectivity index (χ2n) is 2.73. The van der Waals surface area contributed by atoms with Gasteiger partial charge in [-0.1, -0.05) is 0 Å². The minimum Gasteiger partial charge on any atom is -1.00 e. The topological polar surface area (TPSA) is 33.0 Å². The van der Waals surface area contributed by atoms with Crippen LogP contribution in [0, 0.1) is 6.92 Å². The number of carbonyl (C=O) groups excluding carboxylic acids is 1. The predicted octanol–water partition coefficient (Wildman–Crippen LogP) is -1.43. The normalized spacial score (nSPS) is 9.43. The van der Waals surface area contributed by atoms with Crippen molar-refractivity contribution in [3.8, 4) is 0 Å². The average Bonchev–Trinajstić information content (AvgIpc) is 2.32. The van der Waals surface area contributed by atoms with Gasteiger partial charge in [0.25, 0.3) is 4.34 Å². The lowest BCUT2D eigenvalue weighted by molar-refractivity contribution is -0.707. The molecule has 0 atom stereocenters. The summed E-state index contributed by atoms with van der Waals surface area (Å²) < 4.78 is 3.28. The number of thiazole rings is 1. The van der Waals surface area contributed by atoms with Crippen LogP contribution in [0.25, 0.3) is 0 Å². The van der Waals surface area contributed by atoms with Gasteiger partial charge in [0, 0.05) is 13.8 Å². The van der Waals surface area contributed by atoms with E-state index in [2.05, 4.69) is 9.88 Å². The van der Waals surface area contributed by atoms with E-state index < -0.39 is 0 Å². The summed E-state index contributed by atoms with van der Waals surface area (Å²) in [6.45, 7) is 3.53. The third kappa shape index (κ3) is 3.09. The summed E-state index contributed by atoms with van der Waals surface area (Å²) in [5.74, 6) is -0.0161. The summed E-state index contributed by atoms with van der Waals surface area (Å²) in [5, 5.41) is 3.76. The largest absolute Gasteiger partial charge is 1.00 e. The zero-order valence-electron chi connectivity index (χ0n) is 8.55. The van der Waals surface area contributed by atoms with Crippen LogP contribution in [0.4, 0.5) is 5.00 Å². The molecule has 1 aromatic heterocycles. The first-order chi connectivity index (χ1) is 6.06. The zero-order valence-corrected chi connectivity index (χ0v) is 12.3. The summed E-state index contributed by atoms with van der Waals surface area (Å²) in [6, 6.07) is 0. The molecule has 14 heavy (non-hydrogen) atoms. The zero-order chi connectivity index (χ0) is 10.0. The molecular weight excluding hydrogens is 331 g/mol. The molecular formula is C8H13IN2OS2. The minimum atomic E-state index is -0.0161. The van der Waals surface area contributed by atoms with E-state index in [1.807, 2.05) is 20.2 Å². The fourth-order valence-corrected chi connectivity index (χ4v) is 2.90. The Morgan fingerprint density at radius 2 is 2.14 bits per heavy atom. The molecule has 1 N–H and O–H groups in total. The van der Waals surface area contributed by atoms with Crippen molar-refractivity contribution in [2.45, 2.75) is 18.2 Å². The van der Waals surface area contributed by atoms with Crippen molar-refractivity contribution in [1.82, 2.24) is 0 Å². The SMILES string of the molecule is CSc1sc(NC(C)=O)c(C)[n+]1C.[I-]. The van der Waals surface area contributed by atoms with Crippen LogP contribution in [0.2, 0.25) is 0 Å². The maximum Gasteiger partial charge on any atom is 0.299 e. The van der Waals surface area contributed by atoms with Gasteiger partial charge in [0.1, 0.15) is 7.05 Å². The van der Waals surface area contributed by atoms with Gasteiger partial charge in [0.15, 0.2) is 5.00 Å². The fraction of sp³-hybridized carbons (Fsp3) is 0.500. The van der Waals surface area contributed by atoms with Crippen LogP contribution < -0.4 is 33.9 Å². The number of amides is 1. The molecule has 0 aliphatic heterocycles. The Morgan fingerprint density at radius 1 is 1.57 bits per heavy atom. The highest BCUT2D eigenvalue weighted by Crippen LogP contribution is 2.27. The molecule has 80 valence electrons. The molecule has 6 heteroatoms. The van der Waals surface area contributed by atoms with Gasteiger partial charge >= 0.3 is 0 Å². The number of hydrogen-bond acceptors (Lipinski definition) is 3. The highest BCUT2D eigenvalue weighted by atomic mass is 127. The maximum absolute atomic E-state index is 10.9. The Kier molecular flexibility index (Phi) is 5.99. The third-order valence-electron chi connectivity index (χ3n) is 1.76. The van der Waals surface area contributed by atoms with Crippen LogP contribution in [0.3, 0.4) is 0 Å². The molecule has 0 aliphatic rings. The standard InChI is InChI=1S/C8H12N2OS2.HI/c1-5-7(9-6(2)11)13-8(12-4)10(5)3;/h1-4H3;1H. The molecule has 1 amide bonds. The number of hydrogen-bond donors (Lipinski definition) is 1. The lowest BCUT2D eigenvalue weighted by atomic mass is 10.5. The van der Waals surface area contributed by atoms with Crippen LogP contribution in [0.1, 0.15) is 12.6 Å². The maximum atomic E-state index is 10.9. The van der Waals surface area contributed by atoms with E-state index in [0.29, 0.717) is 0 Å². The molecule has 0 saturated heterocycles. The van der Waals surface area contributed by atoms with Crippen molar-refractivity contribution in [3.05, 3.63) is 5.69 Å². The van der Waals surface area contributed by atoms with Crippen molar-refractivity contribution in [2.24, 2.45) is 7.05 Å². The number of rotatable bonds is 2. The highest BCUT2D eigenvalue weighted by Gasteiger charge is 2.19. The first-order valence-corrected chi connectivity index (χ1v) is 5.91. The molecule has 3 nitrogen and oxygen atoms in total. The molecule has 0 bridgehead atoms. The van der Waals surface area contributed by atoms with Crippen LogP contribution in [-0.2, 0) is 11.8 Å². The quantitative estimate of drug-likeness (QED) is 0.405. The molecule has 0 aromatic carbocycles. The number of halogens is 1. The van der Waals surface area contributed by atoms with E-state index in [0.717, 1.165) is 10.7 Å². The lowest BCUT2D eigenvalue weighted by Gasteiger charge is -1.93. The van der Waals surface area contributed by atoms with E-state index in [9.17, 15) is 4.79 Å². The average molecular weight is 344 g/mol. The molecule has 0 unspecified atom stereocenters. The van der Waals surface area contributed by atoms with Crippen LogP contribution >= 0.6 is 23.1 Å². The molecule has 0 spiro atoms. The van der Waals surface area contributed by atoms with Gasteiger partial charge in [-0.25, -0.2) is 0 Å². The number of aromatic nitrogens is 1. The van der Waals surface area contributed by atoms with Gasteiger partial charge in [0.05, 0.1) is 0 Å². The molecule has 1 rings (SSSR count).